The number of carbonyl (C=O) groups excluding carboxylic acids is 2. The Kier molecular flexibility index (Phi) is 4.48. The fraction of sp³-hybridized carbons (Fsp3) is 0.867. The number of rotatable bonds is 5. The van der Waals surface area contributed by atoms with Crippen molar-refractivity contribution < 1.29 is 19.1 Å². The van der Waals surface area contributed by atoms with E-state index in [1.54, 1.807) is 0 Å². The van der Waals surface area contributed by atoms with Crippen molar-refractivity contribution in [1.29, 1.82) is 0 Å². The molecule has 0 spiro atoms. The van der Waals surface area contributed by atoms with Gasteiger partial charge in [0.25, 0.3) is 0 Å². The first-order valence-corrected chi connectivity index (χ1v) is 7.30. The van der Waals surface area contributed by atoms with E-state index in [2.05, 4.69) is 6.92 Å². The second kappa shape index (κ2) is 5.93. The van der Waals surface area contributed by atoms with Crippen LogP contribution in [0, 0.1) is 29.6 Å². The van der Waals surface area contributed by atoms with Crippen LogP contribution in [0.1, 0.15) is 40.0 Å². The van der Waals surface area contributed by atoms with Gasteiger partial charge in [-0.3, -0.25) is 9.59 Å². The van der Waals surface area contributed by atoms with E-state index in [9.17, 15) is 9.59 Å². The summed E-state index contributed by atoms with van der Waals surface area (Å²) in [7, 11) is 0. The van der Waals surface area contributed by atoms with E-state index < -0.39 is 0 Å². The lowest BCUT2D eigenvalue weighted by Gasteiger charge is -2.15. The predicted molar refractivity (Wildman–Crippen MR) is 70.2 cm³/mol. The van der Waals surface area contributed by atoms with E-state index in [4.69, 9.17) is 9.47 Å². The second-order valence-corrected chi connectivity index (χ2v) is 6.12. The largest absolute Gasteiger partial charge is 0.462 e. The average molecular weight is 268 g/mol. The molecule has 0 amide bonds. The first kappa shape index (κ1) is 14.4. The molecule has 0 heterocycles. The van der Waals surface area contributed by atoms with Gasteiger partial charge in [0.15, 0.2) is 0 Å². The highest BCUT2D eigenvalue weighted by atomic mass is 16.6. The Morgan fingerprint density at radius 2 is 1.84 bits per heavy atom. The molecule has 0 saturated heterocycles. The summed E-state index contributed by atoms with van der Waals surface area (Å²) < 4.78 is 9.91. The first-order chi connectivity index (χ1) is 9.00. The maximum atomic E-state index is 11.9. The minimum atomic E-state index is -0.341. The van der Waals surface area contributed by atoms with Gasteiger partial charge in [0.1, 0.15) is 13.2 Å². The van der Waals surface area contributed by atoms with Crippen molar-refractivity contribution in [3.63, 3.8) is 0 Å². The van der Waals surface area contributed by atoms with Gasteiger partial charge in [-0.05, 0) is 36.5 Å². The molecule has 4 heteroatoms. The number of esters is 2. The number of ether oxygens (including phenoxy) is 2. The molecule has 0 aromatic carbocycles. The Balaban J connectivity index is 1.70. The monoisotopic (exact) mass is 268 g/mol. The number of carbonyl (C=O) groups is 2. The summed E-state index contributed by atoms with van der Waals surface area (Å²) in [5.74, 6) is 2.31. The van der Waals surface area contributed by atoms with Crippen LogP contribution in [0.15, 0.2) is 0 Å². The third kappa shape index (κ3) is 3.48. The molecule has 2 aliphatic carbocycles. The van der Waals surface area contributed by atoms with Gasteiger partial charge in [0, 0.05) is 6.92 Å². The Hall–Kier alpha value is -1.06. The van der Waals surface area contributed by atoms with Crippen molar-refractivity contribution in [2.75, 3.05) is 13.2 Å². The average Bonchev–Trinajstić information content (AvgIpc) is 3.06. The van der Waals surface area contributed by atoms with Gasteiger partial charge >= 0.3 is 11.9 Å². The number of fused-ring (bicyclic) bond motifs is 1. The van der Waals surface area contributed by atoms with Gasteiger partial charge in [0.2, 0.25) is 0 Å². The molecule has 0 N–H and O–H groups in total. The zero-order valence-electron chi connectivity index (χ0n) is 12.1. The molecule has 0 aromatic rings. The van der Waals surface area contributed by atoms with Crippen LogP contribution in [0.5, 0.6) is 0 Å². The number of hydrogen-bond donors (Lipinski definition) is 0. The fourth-order valence-corrected chi connectivity index (χ4v) is 3.63. The molecule has 4 nitrogen and oxygen atoms in total. The molecule has 2 rings (SSSR count). The predicted octanol–water partition coefficient (Wildman–Crippen LogP) is 2.41. The lowest BCUT2D eigenvalue weighted by Crippen LogP contribution is -2.20. The SMILES string of the molecule is CC(=O)OCCOC(=O)C(C)C1C2CCC(C)C[C@@H]21. The Labute approximate surface area is 114 Å². The zero-order chi connectivity index (χ0) is 14.0. The smallest absolute Gasteiger partial charge is 0.309 e. The third-order valence-corrected chi connectivity index (χ3v) is 4.65. The number of hydrogen-bond acceptors (Lipinski definition) is 4. The van der Waals surface area contributed by atoms with E-state index in [1.165, 1.54) is 26.2 Å². The summed E-state index contributed by atoms with van der Waals surface area (Å²) in [6, 6.07) is 0. The summed E-state index contributed by atoms with van der Waals surface area (Å²) in [5.41, 5.74) is 0. The Morgan fingerprint density at radius 3 is 2.47 bits per heavy atom. The van der Waals surface area contributed by atoms with Crippen molar-refractivity contribution in [1.82, 2.24) is 0 Å². The highest BCUT2D eigenvalue weighted by Crippen LogP contribution is 2.60. The maximum absolute atomic E-state index is 11.9. The summed E-state index contributed by atoms with van der Waals surface area (Å²) in [6.45, 7) is 5.94. The second-order valence-electron chi connectivity index (χ2n) is 6.12. The van der Waals surface area contributed by atoms with Crippen LogP contribution in [0.2, 0.25) is 0 Å². The molecule has 19 heavy (non-hydrogen) atoms. The van der Waals surface area contributed by atoms with Crippen molar-refractivity contribution in [3.05, 3.63) is 0 Å². The maximum Gasteiger partial charge on any atom is 0.309 e. The molecular weight excluding hydrogens is 244 g/mol. The summed E-state index contributed by atoms with van der Waals surface area (Å²) in [6.07, 6.45) is 3.83. The fourth-order valence-electron chi connectivity index (χ4n) is 3.63. The molecule has 0 aromatic heterocycles. The summed E-state index contributed by atoms with van der Waals surface area (Å²) in [4.78, 5) is 22.5. The van der Waals surface area contributed by atoms with Gasteiger partial charge in [-0.15, -0.1) is 0 Å². The molecule has 2 fully saturated rings. The van der Waals surface area contributed by atoms with Crippen LogP contribution in [0.3, 0.4) is 0 Å². The van der Waals surface area contributed by atoms with Crippen molar-refractivity contribution in [2.45, 2.75) is 40.0 Å². The van der Waals surface area contributed by atoms with Crippen molar-refractivity contribution in [2.24, 2.45) is 29.6 Å². The molecule has 2 aliphatic rings. The highest BCUT2D eigenvalue weighted by Gasteiger charge is 2.55. The van der Waals surface area contributed by atoms with Gasteiger partial charge in [0.05, 0.1) is 5.92 Å². The molecule has 0 radical (unpaired) electrons. The first-order valence-electron chi connectivity index (χ1n) is 7.30. The molecule has 4 unspecified atom stereocenters. The van der Waals surface area contributed by atoms with Crippen LogP contribution in [-0.4, -0.2) is 25.2 Å². The third-order valence-electron chi connectivity index (χ3n) is 4.65. The van der Waals surface area contributed by atoms with Crippen LogP contribution in [0.4, 0.5) is 0 Å². The lowest BCUT2D eigenvalue weighted by atomic mass is 9.91. The molecule has 0 aliphatic heterocycles. The normalized spacial score (nSPS) is 34.1. The minimum Gasteiger partial charge on any atom is -0.462 e. The van der Waals surface area contributed by atoms with Crippen LogP contribution in [-0.2, 0) is 19.1 Å². The van der Waals surface area contributed by atoms with E-state index in [-0.39, 0.29) is 31.1 Å². The van der Waals surface area contributed by atoms with Gasteiger partial charge < -0.3 is 9.47 Å². The van der Waals surface area contributed by atoms with Gasteiger partial charge in [-0.2, -0.15) is 0 Å². The van der Waals surface area contributed by atoms with Crippen molar-refractivity contribution in [3.8, 4) is 0 Å². The van der Waals surface area contributed by atoms with Crippen LogP contribution in [0.25, 0.3) is 0 Å². The molecule has 2 saturated carbocycles. The van der Waals surface area contributed by atoms with Gasteiger partial charge in [-0.25, -0.2) is 0 Å². The standard InChI is InChI=1S/C15H24O4/c1-9-4-5-12-13(8-9)14(12)10(2)15(17)19-7-6-18-11(3)16/h9-10,12-14H,4-8H2,1-3H3/t9?,10?,12?,13-,14?/m0/s1. The van der Waals surface area contributed by atoms with E-state index in [1.807, 2.05) is 6.92 Å². The Bertz CT molecular complexity index is 352. The van der Waals surface area contributed by atoms with Crippen molar-refractivity contribution >= 4 is 11.9 Å². The van der Waals surface area contributed by atoms with Crippen LogP contribution >= 0.6 is 0 Å². The molecular formula is C15H24O4. The van der Waals surface area contributed by atoms with E-state index in [0.29, 0.717) is 5.92 Å². The molecule has 5 atom stereocenters. The Morgan fingerprint density at radius 1 is 1.16 bits per heavy atom. The molecule has 0 bridgehead atoms. The van der Waals surface area contributed by atoms with Crippen LogP contribution < -0.4 is 0 Å². The van der Waals surface area contributed by atoms with E-state index in [0.717, 1.165) is 17.8 Å². The zero-order valence-corrected chi connectivity index (χ0v) is 12.1. The van der Waals surface area contributed by atoms with Gasteiger partial charge in [-0.1, -0.05) is 20.3 Å². The lowest BCUT2D eigenvalue weighted by molar-refractivity contribution is -0.154. The molecule has 108 valence electrons. The summed E-state index contributed by atoms with van der Waals surface area (Å²) >= 11 is 0. The minimum absolute atomic E-state index is 0.0161. The topological polar surface area (TPSA) is 52.6 Å². The summed E-state index contributed by atoms with van der Waals surface area (Å²) in [5, 5.41) is 0. The van der Waals surface area contributed by atoms with E-state index >= 15 is 0 Å². The highest BCUT2D eigenvalue weighted by molar-refractivity contribution is 5.73. The quantitative estimate of drug-likeness (QED) is 0.567.